The summed E-state index contributed by atoms with van der Waals surface area (Å²) in [6, 6.07) is 17.9. The Bertz CT molecular complexity index is 933. The summed E-state index contributed by atoms with van der Waals surface area (Å²) in [5.74, 6) is 0. The third kappa shape index (κ3) is 2.39. The molecule has 0 aliphatic heterocycles. The molecule has 3 rings (SSSR count). The van der Waals surface area contributed by atoms with E-state index in [0.717, 1.165) is 4.57 Å². The van der Waals surface area contributed by atoms with Gasteiger partial charge in [0.2, 0.25) is 0 Å². The molecule has 1 heterocycles. The number of aryl methyl sites for hydroxylation is 1. The average molecular weight is 322 g/mol. The zero-order valence-electron chi connectivity index (χ0n) is 13.5. The number of rotatable bonds is 3. The molecule has 5 nitrogen and oxygen atoms in total. The number of nitrogens with zero attached hydrogens (tertiary/aromatic N) is 2. The maximum absolute atomic E-state index is 12.7. The number of aliphatic hydroxyl groups is 1. The van der Waals surface area contributed by atoms with Gasteiger partial charge >= 0.3 is 5.69 Å². The Labute approximate surface area is 139 Å². The molecule has 0 atom stereocenters. The standard InChI is InChI=1S/C19H18N2O3/c1-20-13-16(17(22)21(2)18(20)23)19(24,14-9-5-3-6-10-14)15-11-7-4-8-12-15/h3-13,24H,1-2H3. The minimum Gasteiger partial charge on any atom is -0.376 e. The summed E-state index contributed by atoms with van der Waals surface area (Å²) in [4.78, 5) is 24.7. The van der Waals surface area contributed by atoms with Gasteiger partial charge in [0.15, 0.2) is 0 Å². The van der Waals surface area contributed by atoms with Crippen LogP contribution in [0.1, 0.15) is 16.7 Å². The van der Waals surface area contributed by atoms with Crippen LogP contribution in [0.2, 0.25) is 0 Å². The van der Waals surface area contributed by atoms with Crippen LogP contribution in [-0.4, -0.2) is 14.2 Å². The van der Waals surface area contributed by atoms with Crippen molar-refractivity contribution in [3.8, 4) is 0 Å². The normalized spacial score (nSPS) is 11.5. The van der Waals surface area contributed by atoms with Crippen molar-refractivity contribution in [3.63, 3.8) is 0 Å². The van der Waals surface area contributed by atoms with E-state index in [2.05, 4.69) is 0 Å². The molecule has 3 aromatic rings. The van der Waals surface area contributed by atoms with Gasteiger partial charge < -0.3 is 9.67 Å². The topological polar surface area (TPSA) is 64.2 Å². The predicted molar refractivity (Wildman–Crippen MR) is 91.9 cm³/mol. The van der Waals surface area contributed by atoms with Crippen LogP contribution in [0.4, 0.5) is 0 Å². The van der Waals surface area contributed by atoms with Gasteiger partial charge in [-0.2, -0.15) is 0 Å². The first-order valence-corrected chi connectivity index (χ1v) is 7.57. The lowest BCUT2D eigenvalue weighted by Crippen LogP contribution is -2.44. The SMILES string of the molecule is Cn1cc(C(O)(c2ccccc2)c2ccccc2)c(=O)n(C)c1=O. The van der Waals surface area contributed by atoms with Gasteiger partial charge in [0.05, 0.1) is 5.56 Å². The summed E-state index contributed by atoms with van der Waals surface area (Å²) in [5, 5.41) is 11.6. The molecule has 0 radical (unpaired) electrons. The largest absolute Gasteiger partial charge is 0.376 e. The molecular weight excluding hydrogens is 304 g/mol. The highest BCUT2D eigenvalue weighted by Gasteiger charge is 2.37. The van der Waals surface area contributed by atoms with Crippen molar-refractivity contribution in [1.29, 1.82) is 0 Å². The van der Waals surface area contributed by atoms with Crippen LogP contribution in [0.25, 0.3) is 0 Å². The molecule has 0 bridgehead atoms. The quantitative estimate of drug-likeness (QED) is 0.792. The van der Waals surface area contributed by atoms with Crippen LogP contribution in [0.5, 0.6) is 0 Å². The maximum Gasteiger partial charge on any atom is 0.330 e. The molecule has 5 heteroatoms. The Balaban J connectivity index is 2.41. The van der Waals surface area contributed by atoms with Crippen LogP contribution in [-0.2, 0) is 19.7 Å². The van der Waals surface area contributed by atoms with E-state index < -0.39 is 16.9 Å². The van der Waals surface area contributed by atoms with Crippen LogP contribution in [0, 0.1) is 0 Å². The lowest BCUT2D eigenvalue weighted by molar-refractivity contribution is 0.122. The van der Waals surface area contributed by atoms with Crippen molar-refractivity contribution in [1.82, 2.24) is 9.13 Å². The van der Waals surface area contributed by atoms with Crippen LogP contribution in [0.3, 0.4) is 0 Å². The first-order chi connectivity index (χ1) is 11.5. The minimum absolute atomic E-state index is 0.129. The third-order valence-corrected chi connectivity index (χ3v) is 4.22. The molecular formula is C19H18N2O3. The van der Waals surface area contributed by atoms with E-state index in [1.165, 1.54) is 17.8 Å². The highest BCUT2D eigenvalue weighted by atomic mass is 16.3. The molecule has 1 aromatic heterocycles. The molecule has 0 saturated carbocycles. The minimum atomic E-state index is -1.65. The molecule has 2 aromatic carbocycles. The Morgan fingerprint density at radius 2 is 1.29 bits per heavy atom. The lowest BCUT2D eigenvalue weighted by Gasteiger charge is -2.29. The molecule has 24 heavy (non-hydrogen) atoms. The number of aromatic nitrogens is 2. The maximum atomic E-state index is 12.7. The second kappa shape index (κ2) is 5.94. The van der Waals surface area contributed by atoms with Crippen molar-refractivity contribution >= 4 is 0 Å². The summed E-state index contributed by atoms with van der Waals surface area (Å²) in [7, 11) is 2.96. The van der Waals surface area contributed by atoms with Gasteiger partial charge in [-0.25, -0.2) is 4.79 Å². The van der Waals surface area contributed by atoms with Crippen molar-refractivity contribution < 1.29 is 5.11 Å². The number of benzene rings is 2. The summed E-state index contributed by atoms with van der Waals surface area (Å²) in [6.45, 7) is 0. The highest BCUT2D eigenvalue weighted by molar-refractivity contribution is 5.45. The van der Waals surface area contributed by atoms with Gasteiger partial charge in [0.1, 0.15) is 5.60 Å². The summed E-state index contributed by atoms with van der Waals surface area (Å²) in [6.07, 6.45) is 1.41. The van der Waals surface area contributed by atoms with Gasteiger partial charge in [-0.15, -0.1) is 0 Å². The Hall–Kier alpha value is -2.92. The number of hydrogen-bond donors (Lipinski definition) is 1. The van der Waals surface area contributed by atoms with E-state index in [0.29, 0.717) is 11.1 Å². The molecule has 0 aliphatic carbocycles. The van der Waals surface area contributed by atoms with Crippen molar-refractivity contribution in [2.24, 2.45) is 14.1 Å². The zero-order chi connectivity index (χ0) is 17.3. The van der Waals surface area contributed by atoms with E-state index in [1.807, 2.05) is 12.1 Å². The fraction of sp³-hybridized carbons (Fsp3) is 0.158. The van der Waals surface area contributed by atoms with Gasteiger partial charge in [-0.3, -0.25) is 9.36 Å². The monoisotopic (exact) mass is 322 g/mol. The molecule has 1 N–H and O–H groups in total. The third-order valence-electron chi connectivity index (χ3n) is 4.22. The van der Waals surface area contributed by atoms with E-state index in [4.69, 9.17) is 0 Å². The van der Waals surface area contributed by atoms with Gasteiger partial charge in [-0.05, 0) is 11.1 Å². The van der Waals surface area contributed by atoms with Gasteiger partial charge in [0, 0.05) is 20.3 Å². The molecule has 0 spiro atoms. The average Bonchev–Trinajstić information content (AvgIpc) is 2.64. The van der Waals surface area contributed by atoms with E-state index in [1.54, 1.807) is 55.6 Å². The van der Waals surface area contributed by atoms with Crippen LogP contribution < -0.4 is 11.2 Å². The molecule has 0 fully saturated rings. The Kier molecular flexibility index (Phi) is 3.95. The van der Waals surface area contributed by atoms with Gasteiger partial charge in [0.25, 0.3) is 5.56 Å². The smallest absolute Gasteiger partial charge is 0.330 e. The lowest BCUT2D eigenvalue weighted by atomic mass is 9.81. The second-order valence-corrected chi connectivity index (χ2v) is 5.74. The summed E-state index contributed by atoms with van der Waals surface area (Å²) in [5.41, 5.74) is -1.35. The molecule has 0 amide bonds. The van der Waals surface area contributed by atoms with Crippen molar-refractivity contribution in [2.45, 2.75) is 5.60 Å². The van der Waals surface area contributed by atoms with E-state index >= 15 is 0 Å². The molecule has 0 unspecified atom stereocenters. The first kappa shape index (κ1) is 16.0. The summed E-state index contributed by atoms with van der Waals surface area (Å²) < 4.78 is 2.31. The van der Waals surface area contributed by atoms with Crippen LogP contribution >= 0.6 is 0 Å². The molecule has 0 aliphatic rings. The summed E-state index contributed by atoms with van der Waals surface area (Å²) >= 11 is 0. The molecule has 122 valence electrons. The zero-order valence-corrected chi connectivity index (χ0v) is 13.5. The second-order valence-electron chi connectivity index (χ2n) is 5.74. The first-order valence-electron chi connectivity index (χ1n) is 7.57. The fourth-order valence-electron chi connectivity index (χ4n) is 2.89. The predicted octanol–water partition coefficient (Wildman–Crippen LogP) is 1.37. The van der Waals surface area contributed by atoms with E-state index in [9.17, 15) is 14.7 Å². The molecule has 0 saturated heterocycles. The Morgan fingerprint density at radius 1 is 0.833 bits per heavy atom. The Morgan fingerprint density at radius 3 is 1.75 bits per heavy atom. The van der Waals surface area contributed by atoms with Gasteiger partial charge in [-0.1, -0.05) is 60.7 Å². The van der Waals surface area contributed by atoms with Crippen molar-refractivity contribution in [2.75, 3.05) is 0 Å². The van der Waals surface area contributed by atoms with Crippen LogP contribution in [0.15, 0.2) is 76.4 Å². The van der Waals surface area contributed by atoms with Crippen molar-refractivity contribution in [3.05, 3.63) is 104 Å². The van der Waals surface area contributed by atoms with E-state index in [-0.39, 0.29) is 5.56 Å². The highest BCUT2D eigenvalue weighted by Crippen LogP contribution is 2.34. The fourth-order valence-corrected chi connectivity index (χ4v) is 2.89. The number of hydrogen-bond acceptors (Lipinski definition) is 3.